The van der Waals surface area contributed by atoms with E-state index >= 15 is 0 Å². The van der Waals surface area contributed by atoms with Crippen LogP contribution >= 0.6 is 22.6 Å². The van der Waals surface area contributed by atoms with Crippen molar-refractivity contribution in [2.24, 2.45) is 0 Å². The Morgan fingerprint density at radius 3 is 1.76 bits per heavy atom. The van der Waals surface area contributed by atoms with E-state index in [0.29, 0.717) is 0 Å². The van der Waals surface area contributed by atoms with E-state index in [9.17, 15) is 0 Å². The molecule has 0 saturated carbocycles. The van der Waals surface area contributed by atoms with Crippen LogP contribution in [0.3, 0.4) is 0 Å². The highest BCUT2D eigenvalue weighted by molar-refractivity contribution is 14.1. The number of fused-ring (bicyclic) bond motifs is 4. The lowest BCUT2D eigenvalue weighted by atomic mass is 9.91. The summed E-state index contributed by atoms with van der Waals surface area (Å²) in [6.07, 6.45) is 0. The molecule has 0 aliphatic carbocycles. The average Bonchev–Trinajstić information content (AvgIpc) is 2.68. The molecule has 0 heterocycles. The van der Waals surface area contributed by atoms with Gasteiger partial charge in [0.05, 0.1) is 0 Å². The Bertz CT molecular complexity index is 1240. The van der Waals surface area contributed by atoms with E-state index in [1.54, 1.807) is 0 Å². The number of benzene rings is 5. The molecule has 0 N–H and O–H groups in total. The molecule has 0 aromatic heterocycles. The molecule has 5 aromatic carbocycles. The zero-order chi connectivity index (χ0) is 16.8. The molecule has 5 rings (SSSR count). The van der Waals surface area contributed by atoms with Gasteiger partial charge in [-0.05, 0) is 72.6 Å². The van der Waals surface area contributed by atoms with Crippen LogP contribution in [-0.2, 0) is 0 Å². The molecule has 0 aliphatic heterocycles. The Kier molecular flexibility index (Phi) is 3.49. The lowest BCUT2D eigenvalue weighted by Gasteiger charge is -2.15. The van der Waals surface area contributed by atoms with Crippen molar-refractivity contribution in [2.45, 2.75) is 0 Å². The summed E-state index contributed by atoms with van der Waals surface area (Å²) in [5.41, 5.74) is 2.61. The van der Waals surface area contributed by atoms with E-state index in [4.69, 9.17) is 0 Å². The lowest BCUT2D eigenvalue weighted by Crippen LogP contribution is -1.90. The maximum Gasteiger partial charge on any atom is 0.0293 e. The van der Waals surface area contributed by atoms with E-state index in [1.165, 1.54) is 47.0 Å². The molecule has 0 atom stereocenters. The van der Waals surface area contributed by atoms with Crippen molar-refractivity contribution < 1.29 is 0 Å². The fourth-order valence-electron chi connectivity index (χ4n) is 3.72. The van der Waals surface area contributed by atoms with Gasteiger partial charge in [0.2, 0.25) is 0 Å². The maximum atomic E-state index is 2.51. The molecule has 0 amide bonds. The quantitative estimate of drug-likeness (QED) is 0.148. The normalized spacial score (nSPS) is 11.4. The summed E-state index contributed by atoms with van der Waals surface area (Å²) in [6.45, 7) is 0. The van der Waals surface area contributed by atoms with Gasteiger partial charge in [-0.1, -0.05) is 78.9 Å². The van der Waals surface area contributed by atoms with Crippen molar-refractivity contribution in [1.29, 1.82) is 0 Å². The highest BCUT2D eigenvalue weighted by atomic mass is 127. The second-order valence-corrected chi connectivity index (χ2v) is 7.42. The third-order valence-electron chi connectivity index (χ3n) is 4.89. The molecule has 0 saturated heterocycles. The molecule has 0 radical (unpaired) electrons. The number of halogens is 1. The van der Waals surface area contributed by atoms with Crippen molar-refractivity contribution in [2.75, 3.05) is 0 Å². The molecule has 0 bridgehead atoms. The largest absolute Gasteiger partial charge is 0.0622 e. The van der Waals surface area contributed by atoms with E-state index in [-0.39, 0.29) is 0 Å². The Morgan fingerprint density at radius 1 is 0.480 bits per heavy atom. The molecule has 118 valence electrons. The predicted octanol–water partition coefficient (Wildman–Crippen LogP) is 7.42. The molecular weight excluding hydrogens is 415 g/mol. The van der Waals surface area contributed by atoms with E-state index in [0.717, 1.165) is 0 Å². The minimum atomic E-state index is 1.28. The van der Waals surface area contributed by atoms with Crippen molar-refractivity contribution in [1.82, 2.24) is 0 Å². The molecule has 1 heteroatoms. The Balaban J connectivity index is 2.06. The number of rotatable bonds is 1. The van der Waals surface area contributed by atoms with Crippen LogP contribution in [-0.4, -0.2) is 0 Å². The summed E-state index contributed by atoms with van der Waals surface area (Å²) < 4.78 is 1.32. The number of hydrogen-bond donors (Lipinski definition) is 0. The predicted molar refractivity (Wildman–Crippen MR) is 117 cm³/mol. The fraction of sp³-hybridized carbons (Fsp3) is 0. The number of hydrogen-bond acceptors (Lipinski definition) is 0. The standard InChI is InChI=1S/C24H15I/c25-24-20-13-7-6-12-19(20)21-14-17-10-4-5-11-18(17)15-22(21)23(24)16-8-2-1-3-9-16/h1-15H. The first-order valence-corrected chi connectivity index (χ1v) is 9.49. The van der Waals surface area contributed by atoms with Crippen LogP contribution in [0.1, 0.15) is 0 Å². The molecule has 0 spiro atoms. The minimum absolute atomic E-state index is 1.28. The summed E-state index contributed by atoms with van der Waals surface area (Å²) in [5, 5.41) is 7.89. The van der Waals surface area contributed by atoms with Crippen molar-refractivity contribution >= 4 is 54.9 Å². The van der Waals surface area contributed by atoms with Crippen molar-refractivity contribution in [3.8, 4) is 11.1 Å². The van der Waals surface area contributed by atoms with Gasteiger partial charge >= 0.3 is 0 Å². The summed E-state index contributed by atoms with van der Waals surface area (Å²) in [4.78, 5) is 0. The van der Waals surface area contributed by atoms with Crippen LogP contribution < -0.4 is 0 Å². The van der Waals surface area contributed by atoms with Gasteiger partial charge in [0.1, 0.15) is 0 Å². The second kappa shape index (κ2) is 5.85. The first-order chi connectivity index (χ1) is 12.3. The van der Waals surface area contributed by atoms with Gasteiger partial charge in [-0.2, -0.15) is 0 Å². The first-order valence-electron chi connectivity index (χ1n) is 8.41. The second-order valence-electron chi connectivity index (χ2n) is 6.35. The zero-order valence-electron chi connectivity index (χ0n) is 13.5. The minimum Gasteiger partial charge on any atom is -0.0622 e. The molecule has 0 fully saturated rings. The molecule has 0 nitrogen and oxygen atoms in total. The summed E-state index contributed by atoms with van der Waals surface area (Å²) in [5.74, 6) is 0. The van der Waals surface area contributed by atoms with Crippen LogP contribution in [0, 0.1) is 3.57 Å². The van der Waals surface area contributed by atoms with Gasteiger partial charge in [0.25, 0.3) is 0 Å². The monoisotopic (exact) mass is 430 g/mol. The molecule has 5 aromatic rings. The van der Waals surface area contributed by atoms with Crippen LogP contribution in [0.4, 0.5) is 0 Å². The van der Waals surface area contributed by atoms with Crippen LogP contribution in [0.5, 0.6) is 0 Å². The fourth-order valence-corrected chi connectivity index (χ4v) is 4.79. The highest BCUT2D eigenvalue weighted by Crippen LogP contribution is 2.41. The van der Waals surface area contributed by atoms with Gasteiger partial charge in [0.15, 0.2) is 0 Å². The summed E-state index contributed by atoms with van der Waals surface area (Å²) in [7, 11) is 0. The van der Waals surface area contributed by atoms with Crippen molar-refractivity contribution in [3.63, 3.8) is 0 Å². The van der Waals surface area contributed by atoms with Gasteiger partial charge in [-0.3, -0.25) is 0 Å². The Hall–Kier alpha value is -2.39. The SMILES string of the molecule is Ic1c(-c2ccccc2)c2cc3ccccc3cc2c2ccccc12. The summed E-state index contributed by atoms with van der Waals surface area (Å²) in [6, 6.07) is 32.8. The third-order valence-corrected chi connectivity index (χ3v) is 6.01. The smallest absolute Gasteiger partial charge is 0.0293 e. The van der Waals surface area contributed by atoms with Gasteiger partial charge < -0.3 is 0 Å². The van der Waals surface area contributed by atoms with Gasteiger partial charge in [-0.15, -0.1) is 0 Å². The highest BCUT2D eigenvalue weighted by Gasteiger charge is 2.14. The van der Waals surface area contributed by atoms with E-state index in [1.807, 2.05) is 0 Å². The lowest BCUT2D eigenvalue weighted by molar-refractivity contribution is 1.65. The molecule has 0 unspecified atom stereocenters. The van der Waals surface area contributed by atoms with Crippen LogP contribution in [0.2, 0.25) is 0 Å². The van der Waals surface area contributed by atoms with E-state index < -0.39 is 0 Å². The molecular formula is C24H15I. The molecule has 0 aliphatic rings. The summed E-state index contributed by atoms with van der Waals surface area (Å²) >= 11 is 2.51. The first kappa shape index (κ1) is 14.9. The van der Waals surface area contributed by atoms with E-state index in [2.05, 4.69) is 114 Å². The van der Waals surface area contributed by atoms with Gasteiger partial charge in [0, 0.05) is 9.13 Å². The van der Waals surface area contributed by atoms with Gasteiger partial charge in [-0.25, -0.2) is 0 Å². The average molecular weight is 430 g/mol. The third kappa shape index (κ3) is 2.34. The molecule has 25 heavy (non-hydrogen) atoms. The zero-order valence-corrected chi connectivity index (χ0v) is 15.7. The Morgan fingerprint density at radius 2 is 1.04 bits per heavy atom. The topological polar surface area (TPSA) is 0 Å². The van der Waals surface area contributed by atoms with Crippen molar-refractivity contribution in [3.05, 3.63) is 94.6 Å². The van der Waals surface area contributed by atoms with Crippen LogP contribution in [0.15, 0.2) is 91.0 Å². The van der Waals surface area contributed by atoms with Crippen LogP contribution in [0.25, 0.3) is 43.4 Å². The Labute approximate surface area is 160 Å². The maximum absolute atomic E-state index is 2.51.